The van der Waals surface area contributed by atoms with Crippen molar-refractivity contribution in [1.82, 2.24) is 5.16 Å². The summed E-state index contributed by atoms with van der Waals surface area (Å²) in [6.45, 7) is 3.74. The Labute approximate surface area is 103 Å². The van der Waals surface area contributed by atoms with Crippen LogP contribution >= 0.6 is 0 Å². The summed E-state index contributed by atoms with van der Waals surface area (Å²) in [6, 6.07) is 6.94. The number of carbonyl (C=O) groups is 1. The van der Waals surface area contributed by atoms with E-state index in [0.29, 0.717) is 16.9 Å². The van der Waals surface area contributed by atoms with Gasteiger partial charge in [0, 0.05) is 11.6 Å². The van der Waals surface area contributed by atoms with Crippen LogP contribution in [0.5, 0.6) is 0 Å². The van der Waals surface area contributed by atoms with Gasteiger partial charge in [-0.15, -0.1) is 0 Å². The van der Waals surface area contributed by atoms with Gasteiger partial charge in [-0.25, -0.2) is 4.79 Å². The van der Waals surface area contributed by atoms with Crippen LogP contribution in [0.2, 0.25) is 0 Å². The minimum absolute atomic E-state index is 0.151. The number of rotatable bonds is 2. The van der Waals surface area contributed by atoms with E-state index in [-0.39, 0.29) is 5.69 Å². The maximum atomic E-state index is 10.7. The van der Waals surface area contributed by atoms with Crippen LogP contribution in [0.4, 0.5) is 0 Å². The van der Waals surface area contributed by atoms with Gasteiger partial charge in [0.25, 0.3) is 0 Å². The predicted molar refractivity (Wildman–Crippen MR) is 63.1 cm³/mol. The Kier molecular flexibility index (Phi) is 2.86. The van der Waals surface area contributed by atoms with Crippen LogP contribution in [0.3, 0.4) is 0 Å². The Hall–Kier alpha value is -2.61. The Morgan fingerprint density at radius 1 is 1.39 bits per heavy atom. The molecular formula is C13H10N2O3. The van der Waals surface area contributed by atoms with Gasteiger partial charge in [-0.1, -0.05) is 5.16 Å². The zero-order valence-electron chi connectivity index (χ0n) is 9.89. The monoisotopic (exact) mass is 242 g/mol. The van der Waals surface area contributed by atoms with Gasteiger partial charge >= 0.3 is 5.97 Å². The lowest BCUT2D eigenvalue weighted by Crippen LogP contribution is -1.94. The maximum Gasteiger partial charge on any atom is 0.358 e. The molecule has 1 aromatic carbocycles. The lowest BCUT2D eigenvalue weighted by Gasteiger charge is -2.04. The largest absolute Gasteiger partial charge is 0.476 e. The number of aromatic nitrogens is 1. The number of carboxylic acid groups (broad SMARTS) is 1. The summed E-state index contributed by atoms with van der Waals surface area (Å²) >= 11 is 0. The van der Waals surface area contributed by atoms with E-state index in [0.717, 1.165) is 11.1 Å². The zero-order valence-corrected chi connectivity index (χ0v) is 9.89. The lowest BCUT2D eigenvalue weighted by atomic mass is 9.99. The topological polar surface area (TPSA) is 87.1 Å². The van der Waals surface area contributed by atoms with Crippen molar-refractivity contribution in [3.05, 3.63) is 40.6 Å². The number of hydrogen-bond donors (Lipinski definition) is 1. The third-order valence-corrected chi connectivity index (χ3v) is 2.80. The Morgan fingerprint density at radius 2 is 2.11 bits per heavy atom. The van der Waals surface area contributed by atoms with Gasteiger partial charge in [0.1, 0.15) is 0 Å². The molecule has 18 heavy (non-hydrogen) atoms. The Bertz CT molecular complexity index is 665. The first-order valence-electron chi connectivity index (χ1n) is 5.24. The van der Waals surface area contributed by atoms with E-state index >= 15 is 0 Å². The molecule has 0 bridgehead atoms. The third kappa shape index (κ3) is 1.96. The first-order valence-corrected chi connectivity index (χ1v) is 5.24. The van der Waals surface area contributed by atoms with E-state index in [1.165, 1.54) is 6.07 Å². The minimum atomic E-state index is -1.14. The summed E-state index contributed by atoms with van der Waals surface area (Å²) < 4.78 is 4.97. The molecule has 90 valence electrons. The van der Waals surface area contributed by atoms with Crippen LogP contribution < -0.4 is 0 Å². The standard InChI is InChI=1S/C13H10N2O3/c1-7-3-9(4-10(6-14)8(7)2)12-5-11(13(16)17)15-18-12/h3-5H,1-2H3,(H,16,17). The normalized spacial score (nSPS) is 10.1. The average molecular weight is 242 g/mol. The number of carboxylic acids is 1. The molecular weight excluding hydrogens is 232 g/mol. The highest BCUT2D eigenvalue weighted by Crippen LogP contribution is 2.25. The number of nitriles is 1. The molecule has 5 nitrogen and oxygen atoms in total. The van der Waals surface area contributed by atoms with E-state index in [1.807, 2.05) is 19.9 Å². The van der Waals surface area contributed by atoms with Crippen LogP contribution in [0.25, 0.3) is 11.3 Å². The fourth-order valence-corrected chi connectivity index (χ4v) is 1.63. The average Bonchev–Trinajstić information content (AvgIpc) is 2.82. The summed E-state index contributed by atoms with van der Waals surface area (Å²) in [5.74, 6) is -0.804. The molecule has 0 aliphatic carbocycles. The fourth-order valence-electron chi connectivity index (χ4n) is 1.63. The van der Waals surface area contributed by atoms with Gasteiger partial charge in [-0.2, -0.15) is 5.26 Å². The molecule has 0 saturated carbocycles. The second-order valence-corrected chi connectivity index (χ2v) is 3.96. The Balaban J connectivity index is 2.54. The molecule has 1 heterocycles. The van der Waals surface area contributed by atoms with Crippen molar-refractivity contribution in [3.8, 4) is 17.4 Å². The zero-order chi connectivity index (χ0) is 13.3. The molecule has 2 rings (SSSR count). The van der Waals surface area contributed by atoms with Crippen molar-refractivity contribution in [2.45, 2.75) is 13.8 Å². The molecule has 0 aliphatic rings. The molecule has 0 saturated heterocycles. The molecule has 0 unspecified atom stereocenters. The van der Waals surface area contributed by atoms with Crippen molar-refractivity contribution in [2.24, 2.45) is 0 Å². The van der Waals surface area contributed by atoms with Crippen LogP contribution in [-0.4, -0.2) is 16.2 Å². The molecule has 0 aliphatic heterocycles. The molecule has 1 aromatic heterocycles. The van der Waals surface area contributed by atoms with Gasteiger partial charge in [0.15, 0.2) is 11.5 Å². The van der Waals surface area contributed by atoms with Crippen LogP contribution in [0.15, 0.2) is 22.7 Å². The van der Waals surface area contributed by atoms with Crippen molar-refractivity contribution in [1.29, 1.82) is 5.26 Å². The van der Waals surface area contributed by atoms with Gasteiger partial charge in [-0.3, -0.25) is 0 Å². The molecule has 0 amide bonds. The number of nitrogens with zero attached hydrogens (tertiary/aromatic N) is 2. The number of aryl methyl sites for hydroxylation is 1. The van der Waals surface area contributed by atoms with Crippen LogP contribution in [0.1, 0.15) is 27.2 Å². The molecule has 2 aromatic rings. The highest BCUT2D eigenvalue weighted by molar-refractivity contribution is 5.86. The second kappa shape index (κ2) is 4.34. The summed E-state index contributed by atoms with van der Waals surface area (Å²) in [5, 5.41) is 21.2. The van der Waals surface area contributed by atoms with E-state index < -0.39 is 5.97 Å². The van der Waals surface area contributed by atoms with E-state index in [1.54, 1.807) is 6.07 Å². The SMILES string of the molecule is Cc1cc(-c2cc(C(=O)O)no2)cc(C#N)c1C. The van der Waals surface area contributed by atoms with Crippen molar-refractivity contribution < 1.29 is 14.4 Å². The number of hydrogen-bond acceptors (Lipinski definition) is 4. The van der Waals surface area contributed by atoms with E-state index in [4.69, 9.17) is 14.9 Å². The number of aromatic carboxylic acids is 1. The summed E-state index contributed by atoms with van der Waals surface area (Å²) in [4.78, 5) is 10.7. The first kappa shape index (κ1) is 11.9. The third-order valence-electron chi connectivity index (χ3n) is 2.80. The quantitative estimate of drug-likeness (QED) is 0.874. The summed E-state index contributed by atoms with van der Waals surface area (Å²) in [7, 11) is 0. The number of benzene rings is 1. The molecule has 0 fully saturated rings. The van der Waals surface area contributed by atoms with Crippen molar-refractivity contribution >= 4 is 5.97 Å². The molecule has 0 radical (unpaired) electrons. The second-order valence-electron chi connectivity index (χ2n) is 3.96. The molecule has 1 N–H and O–H groups in total. The van der Waals surface area contributed by atoms with Gasteiger partial charge in [-0.05, 0) is 37.1 Å². The Morgan fingerprint density at radius 3 is 2.67 bits per heavy atom. The first-order chi connectivity index (χ1) is 8.52. The molecule has 5 heteroatoms. The van der Waals surface area contributed by atoms with Gasteiger partial charge < -0.3 is 9.63 Å². The highest BCUT2D eigenvalue weighted by atomic mass is 16.5. The van der Waals surface area contributed by atoms with Crippen molar-refractivity contribution in [3.63, 3.8) is 0 Å². The van der Waals surface area contributed by atoms with Crippen LogP contribution in [0, 0.1) is 25.2 Å². The maximum absolute atomic E-state index is 10.7. The molecule has 0 spiro atoms. The minimum Gasteiger partial charge on any atom is -0.476 e. The summed E-state index contributed by atoms with van der Waals surface area (Å²) in [5.41, 5.74) is 2.88. The van der Waals surface area contributed by atoms with Gasteiger partial charge in [0.05, 0.1) is 11.6 Å². The van der Waals surface area contributed by atoms with E-state index in [9.17, 15) is 4.79 Å². The summed E-state index contributed by atoms with van der Waals surface area (Å²) in [6.07, 6.45) is 0. The van der Waals surface area contributed by atoms with Crippen LogP contribution in [-0.2, 0) is 0 Å². The van der Waals surface area contributed by atoms with E-state index in [2.05, 4.69) is 11.2 Å². The van der Waals surface area contributed by atoms with Gasteiger partial charge in [0.2, 0.25) is 0 Å². The fraction of sp³-hybridized carbons (Fsp3) is 0.154. The molecule has 0 atom stereocenters. The lowest BCUT2D eigenvalue weighted by molar-refractivity contribution is 0.0686. The highest BCUT2D eigenvalue weighted by Gasteiger charge is 2.14. The predicted octanol–water partition coefficient (Wildman–Crippen LogP) is 2.53. The smallest absolute Gasteiger partial charge is 0.358 e. The van der Waals surface area contributed by atoms with Crippen molar-refractivity contribution in [2.75, 3.05) is 0 Å².